The van der Waals surface area contributed by atoms with E-state index in [-0.39, 0.29) is 18.1 Å². The Morgan fingerprint density at radius 1 is 1.15 bits per heavy atom. The van der Waals surface area contributed by atoms with Gasteiger partial charge in [-0.2, -0.15) is 4.98 Å². The number of benzene rings is 2. The summed E-state index contributed by atoms with van der Waals surface area (Å²) in [5.41, 5.74) is 1.43. The molecule has 10 heteroatoms. The number of aromatic nitrogens is 2. The zero-order valence-corrected chi connectivity index (χ0v) is 19.1. The van der Waals surface area contributed by atoms with Crippen LogP contribution in [-0.2, 0) is 17.8 Å². The molecule has 0 bridgehead atoms. The Hall–Kier alpha value is -3.79. The van der Waals surface area contributed by atoms with Crippen LogP contribution in [0.1, 0.15) is 29.0 Å². The lowest BCUT2D eigenvalue weighted by molar-refractivity contribution is -0.115. The number of anilines is 2. The molecular weight excluding hydrogens is 441 g/mol. The van der Waals surface area contributed by atoms with Crippen LogP contribution in [0.5, 0.6) is 5.75 Å². The molecule has 1 aromatic heterocycles. The molecule has 1 aliphatic heterocycles. The number of nitrogens with one attached hydrogen (secondary N) is 1. The summed E-state index contributed by atoms with van der Waals surface area (Å²) < 4.78 is 25.0. The second-order valence-corrected chi connectivity index (χ2v) is 8.02. The summed E-state index contributed by atoms with van der Waals surface area (Å²) in [6.45, 7) is 4.47. The fraction of sp³-hybridized carbons (Fsp3) is 0.333. The standard InChI is InChI=1S/C24H26FN5O4/c1-16(31)17-7-8-20(18(25)13-17)30-11-9-29(10-12-30)15-24-27-22(28-34-24)14-23(32)26-19-5-3-4-6-21(19)33-2/h3-8,13H,9-12,14-15H2,1-2H3,(H,26,32). The number of rotatable bonds is 8. The second kappa shape index (κ2) is 10.4. The van der Waals surface area contributed by atoms with Crippen molar-refractivity contribution >= 4 is 23.1 Å². The van der Waals surface area contributed by atoms with Crippen molar-refractivity contribution in [3.8, 4) is 5.75 Å². The van der Waals surface area contributed by atoms with Crippen molar-refractivity contribution in [2.24, 2.45) is 0 Å². The van der Waals surface area contributed by atoms with Gasteiger partial charge < -0.3 is 19.5 Å². The minimum atomic E-state index is -0.394. The first-order valence-electron chi connectivity index (χ1n) is 10.9. The largest absolute Gasteiger partial charge is 0.495 e. The number of hydrogen-bond acceptors (Lipinski definition) is 8. The average molecular weight is 468 g/mol. The van der Waals surface area contributed by atoms with Crippen LogP contribution in [0.3, 0.4) is 0 Å². The maximum absolute atomic E-state index is 14.4. The lowest BCUT2D eigenvalue weighted by Gasteiger charge is -2.35. The Kier molecular flexibility index (Phi) is 7.17. The number of ether oxygens (including phenoxy) is 1. The molecule has 4 rings (SSSR count). The van der Waals surface area contributed by atoms with Gasteiger partial charge in [0.05, 0.1) is 31.5 Å². The molecule has 1 aliphatic rings. The zero-order valence-electron chi connectivity index (χ0n) is 19.1. The van der Waals surface area contributed by atoms with Gasteiger partial charge in [0.15, 0.2) is 11.6 Å². The fourth-order valence-electron chi connectivity index (χ4n) is 3.83. The third-order valence-corrected chi connectivity index (χ3v) is 5.64. The van der Waals surface area contributed by atoms with E-state index in [4.69, 9.17) is 9.26 Å². The van der Waals surface area contributed by atoms with Gasteiger partial charge in [0.2, 0.25) is 11.8 Å². The van der Waals surface area contributed by atoms with Crippen molar-refractivity contribution in [3.63, 3.8) is 0 Å². The van der Waals surface area contributed by atoms with Crippen molar-refractivity contribution in [1.29, 1.82) is 0 Å². The molecule has 0 radical (unpaired) electrons. The summed E-state index contributed by atoms with van der Waals surface area (Å²) in [6, 6.07) is 11.7. The van der Waals surface area contributed by atoms with E-state index in [2.05, 4.69) is 20.4 Å². The van der Waals surface area contributed by atoms with E-state index in [1.165, 1.54) is 20.1 Å². The average Bonchev–Trinajstić information content (AvgIpc) is 3.26. The molecule has 2 aromatic carbocycles. The van der Waals surface area contributed by atoms with Gasteiger partial charge in [-0.3, -0.25) is 14.5 Å². The summed E-state index contributed by atoms with van der Waals surface area (Å²) in [5.74, 6) is 0.460. The highest BCUT2D eigenvalue weighted by molar-refractivity contribution is 5.94. The normalized spacial score (nSPS) is 14.1. The molecule has 0 unspecified atom stereocenters. The number of amides is 1. The molecule has 1 saturated heterocycles. The highest BCUT2D eigenvalue weighted by Crippen LogP contribution is 2.24. The Labute approximate surface area is 196 Å². The van der Waals surface area contributed by atoms with Gasteiger partial charge in [0.25, 0.3) is 0 Å². The molecule has 0 atom stereocenters. The SMILES string of the molecule is COc1ccccc1NC(=O)Cc1noc(CN2CCN(c3ccc(C(C)=O)cc3F)CC2)n1. The minimum Gasteiger partial charge on any atom is -0.495 e. The molecule has 0 saturated carbocycles. The van der Waals surface area contributed by atoms with E-state index in [1.54, 1.807) is 30.3 Å². The van der Waals surface area contributed by atoms with Crippen LogP contribution in [-0.4, -0.2) is 60.0 Å². The van der Waals surface area contributed by atoms with Crippen LogP contribution in [0, 0.1) is 5.82 Å². The first kappa shape index (κ1) is 23.4. The molecular formula is C24H26FN5O4. The van der Waals surface area contributed by atoms with Crippen LogP contribution in [0.2, 0.25) is 0 Å². The number of carbonyl (C=O) groups is 2. The number of piperazine rings is 1. The molecule has 178 valence electrons. The van der Waals surface area contributed by atoms with E-state index in [9.17, 15) is 14.0 Å². The third-order valence-electron chi connectivity index (χ3n) is 5.64. The predicted octanol–water partition coefficient (Wildman–Crippen LogP) is 2.92. The summed E-state index contributed by atoms with van der Waals surface area (Å²) >= 11 is 0. The topological polar surface area (TPSA) is 101 Å². The van der Waals surface area contributed by atoms with Gasteiger partial charge in [-0.1, -0.05) is 17.3 Å². The summed E-state index contributed by atoms with van der Waals surface area (Å²) in [6.07, 6.45) is -0.0230. The first-order chi connectivity index (χ1) is 16.4. The van der Waals surface area contributed by atoms with Crippen LogP contribution < -0.4 is 15.0 Å². The first-order valence-corrected chi connectivity index (χ1v) is 10.9. The number of Topliss-reactive ketones (excluding diaryl/α,β-unsaturated/α-hetero) is 1. The van der Waals surface area contributed by atoms with E-state index in [0.29, 0.717) is 67.1 Å². The molecule has 1 amide bonds. The summed E-state index contributed by atoms with van der Waals surface area (Å²) in [5, 5.41) is 6.69. The number of para-hydroxylation sites is 2. The van der Waals surface area contributed by atoms with Crippen molar-refractivity contribution in [1.82, 2.24) is 15.0 Å². The van der Waals surface area contributed by atoms with Crippen molar-refractivity contribution < 1.29 is 23.2 Å². The molecule has 3 aromatic rings. The number of methoxy groups -OCH3 is 1. The zero-order chi connectivity index (χ0) is 24.1. The van der Waals surface area contributed by atoms with Gasteiger partial charge in [-0.15, -0.1) is 0 Å². The Bertz CT molecular complexity index is 1170. The second-order valence-electron chi connectivity index (χ2n) is 8.02. The van der Waals surface area contributed by atoms with E-state index >= 15 is 0 Å². The Morgan fingerprint density at radius 2 is 1.91 bits per heavy atom. The number of ketones is 1. The van der Waals surface area contributed by atoms with Gasteiger partial charge >= 0.3 is 0 Å². The molecule has 1 N–H and O–H groups in total. The van der Waals surface area contributed by atoms with Gasteiger partial charge in [0.1, 0.15) is 11.6 Å². The molecule has 0 spiro atoms. The maximum atomic E-state index is 14.4. The quantitative estimate of drug-likeness (QED) is 0.505. The number of halogens is 1. The molecule has 1 fully saturated rings. The third kappa shape index (κ3) is 5.57. The van der Waals surface area contributed by atoms with E-state index in [0.717, 1.165) is 0 Å². The Balaban J connectivity index is 1.28. The van der Waals surface area contributed by atoms with Crippen molar-refractivity contribution in [2.45, 2.75) is 19.9 Å². The van der Waals surface area contributed by atoms with Crippen LogP contribution in [0.25, 0.3) is 0 Å². The van der Waals surface area contributed by atoms with E-state index in [1.807, 2.05) is 11.0 Å². The molecule has 9 nitrogen and oxygen atoms in total. The van der Waals surface area contributed by atoms with E-state index < -0.39 is 5.82 Å². The van der Waals surface area contributed by atoms with Gasteiger partial charge in [-0.25, -0.2) is 4.39 Å². The lowest BCUT2D eigenvalue weighted by atomic mass is 10.1. The van der Waals surface area contributed by atoms with Crippen LogP contribution in [0.4, 0.5) is 15.8 Å². The molecule has 34 heavy (non-hydrogen) atoms. The van der Waals surface area contributed by atoms with Crippen molar-refractivity contribution in [3.05, 3.63) is 65.6 Å². The molecule has 0 aliphatic carbocycles. The predicted molar refractivity (Wildman–Crippen MR) is 124 cm³/mol. The lowest BCUT2D eigenvalue weighted by Crippen LogP contribution is -2.46. The Morgan fingerprint density at radius 3 is 2.62 bits per heavy atom. The number of carbonyl (C=O) groups excluding carboxylic acids is 2. The van der Waals surface area contributed by atoms with Gasteiger partial charge in [-0.05, 0) is 37.3 Å². The number of hydrogen-bond donors (Lipinski definition) is 1. The fourth-order valence-corrected chi connectivity index (χ4v) is 3.83. The van der Waals surface area contributed by atoms with Crippen molar-refractivity contribution in [2.75, 3.05) is 43.5 Å². The maximum Gasteiger partial charge on any atom is 0.240 e. The molecule has 2 heterocycles. The van der Waals surface area contributed by atoms with Crippen LogP contribution >= 0.6 is 0 Å². The van der Waals surface area contributed by atoms with Gasteiger partial charge in [0, 0.05) is 31.7 Å². The monoisotopic (exact) mass is 467 g/mol. The summed E-state index contributed by atoms with van der Waals surface area (Å²) in [7, 11) is 1.54. The highest BCUT2D eigenvalue weighted by atomic mass is 19.1. The highest BCUT2D eigenvalue weighted by Gasteiger charge is 2.22. The summed E-state index contributed by atoms with van der Waals surface area (Å²) in [4.78, 5) is 32.2. The number of nitrogens with zero attached hydrogens (tertiary/aromatic N) is 4. The minimum absolute atomic E-state index is 0.0230. The smallest absolute Gasteiger partial charge is 0.240 e. The van der Waals surface area contributed by atoms with Crippen LogP contribution in [0.15, 0.2) is 47.0 Å².